The number of aldehydes is 1. The van der Waals surface area contributed by atoms with Gasteiger partial charge in [-0.1, -0.05) is 94.9 Å². The zero-order valence-electron chi connectivity index (χ0n) is 65.8. The highest BCUT2D eigenvalue weighted by molar-refractivity contribution is 6.07. The van der Waals surface area contributed by atoms with Gasteiger partial charge in [0, 0.05) is 56.0 Å². The number of para-hydroxylation sites is 1. The molecule has 12 atom stereocenters. The SMILES string of the molecule is CCCC[C@H](NCN[C@@H](C)C(=O)CCN[C@@H](C)C(=O)CC(=O)[C@](C)(CCC/C=C/CCCCCC[C@@](C)(N)C(=O)CC(=O)[C@H](C)NC)NC(=O)[C@H](CC(C)C)NN[C@@H](CCC(N)=O)C(=O)CN[C@@H](C)C(=O)CC(=O)[C@H](Cc1c[nH]c2ccccc12)N=N[C@H](C=O)CC1=CC=C(O)CC1)C(=O)CN[C@@H](C)C(=O)CN. The number of nitrogens with two attached hydrogens (primary N) is 3. The fourth-order valence-electron chi connectivity index (χ4n) is 12.1. The Morgan fingerprint density at radius 2 is 1.23 bits per heavy atom. The van der Waals surface area contributed by atoms with Crippen molar-refractivity contribution >= 4 is 86.8 Å². The van der Waals surface area contributed by atoms with Gasteiger partial charge in [0.1, 0.15) is 24.4 Å². The van der Waals surface area contributed by atoms with Gasteiger partial charge in [-0.2, -0.15) is 10.2 Å². The number of primary amides is 1. The Morgan fingerprint density at radius 1 is 0.620 bits per heavy atom. The zero-order valence-corrected chi connectivity index (χ0v) is 65.8. The Bertz CT molecular complexity index is 3420. The number of nitrogens with zero attached hydrogens (tertiary/aromatic N) is 2. The number of allylic oxidation sites excluding steroid dienone is 5. The number of hydrogen-bond acceptors (Lipinski definition) is 26. The Kier molecular flexibility index (Phi) is 43.9. The van der Waals surface area contributed by atoms with E-state index in [0.29, 0.717) is 51.2 Å². The molecule has 1 heterocycles. The number of H-pyrrole nitrogens is 1. The lowest BCUT2D eigenvalue weighted by Gasteiger charge is -2.33. The number of carbonyl (C=O) groups excluding carboxylic acids is 13. The van der Waals surface area contributed by atoms with Gasteiger partial charge in [0.15, 0.2) is 57.8 Å². The van der Waals surface area contributed by atoms with Crippen molar-refractivity contribution in [2.75, 3.05) is 39.9 Å². The summed E-state index contributed by atoms with van der Waals surface area (Å²) in [5.74, 6) is -4.97. The average Bonchev–Trinajstić information content (AvgIpc) is 1.81. The molecule has 1 aromatic carbocycles. The van der Waals surface area contributed by atoms with E-state index in [2.05, 4.69) is 63.3 Å². The number of amides is 2. The number of aromatic amines is 1. The van der Waals surface area contributed by atoms with Gasteiger partial charge < -0.3 is 58.7 Å². The fourth-order valence-corrected chi connectivity index (χ4v) is 12.1. The van der Waals surface area contributed by atoms with E-state index in [9.17, 15) is 67.4 Å². The number of hydrogen-bond donors (Lipinski definition) is 14. The van der Waals surface area contributed by atoms with Crippen LogP contribution in [0, 0.1) is 5.92 Å². The molecule has 17 N–H and O–H groups in total. The summed E-state index contributed by atoms with van der Waals surface area (Å²) in [6, 6.07) is -0.968. The molecule has 1 aliphatic carbocycles. The summed E-state index contributed by atoms with van der Waals surface area (Å²) in [6.45, 7) is 16.8. The summed E-state index contributed by atoms with van der Waals surface area (Å²) < 4.78 is 0. The van der Waals surface area contributed by atoms with Crippen LogP contribution < -0.4 is 65.3 Å². The molecule has 1 aromatic heterocycles. The number of benzene rings is 1. The van der Waals surface area contributed by atoms with E-state index in [0.717, 1.165) is 60.6 Å². The Labute approximate surface area is 637 Å². The third-order valence-electron chi connectivity index (χ3n) is 19.9. The van der Waals surface area contributed by atoms with E-state index in [4.69, 9.17) is 17.2 Å². The number of rotatable bonds is 63. The summed E-state index contributed by atoms with van der Waals surface area (Å²) in [4.78, 5) is 177. The van der Waals surface area contributed by atoms with E-state index in [1.165, 1.54) is 6.92 Å². The van der Waals surface area contributed by atoms with E-state index in [-0.39, 0.29) is 118 Å². The monoisotopic (exact) mass is 1510 g/mol. The number of aliphatic hydroxyl groups is 1. The Hall–Kier alpha value is -7.71. The van der Waals surface area contributed by atoms with Crippen LogP contribution in [0.25, 0.3) is 10.9 Å². The molecule has 0 aliphatic heterocycles. The molecule has 29 heteroatoms. The predicted octanol–water partition coefficient (Wildman–Crippen LogP) is 5.29. The van der Waals surface area contributed by atoms with Crippen LogP contribution in [-0.4, -0.2) is 197 Å². The maximum atomic E-state index is 14.7. The van der Waals surface area contributed by atoms with Crippen molar-refractivity contribution in [2.45, 2.75) is 288 Å². The summed E-state index contributed by atoms with van der Waals surface area (Å²) >= 11 is 0. The molecule has 0 unspecified atom stereocenters. The summed E-state index contributed by atoms with van der Waals surface area (Å²) in [7, 11) is 1.66. The minimum Gasteiger partial charge on any atom is -0.512 e. The second kappa shape index (κ2) is 50.2. The number of azo groups is 1. The number of hydrazine groups is 1. The van der Waals surface area contributed by atoms with Gasteiger partial charge >= 0.3 is 0 Å². The lowest BCUT2D eigenvalue weighted by atomic mass is 9.86. The van der Waals surface area contributed by atoms with Crippen molar-refractivity contribution in [3.8, 4) is 0 Å². The number of ketones is 10. The van der Waals surface area contributed by atoms with Crippen molar-refractivity contribution in [3.05, 3.63) is 71.7 Å². The molecule has 3 rings (SSSR count). The maximum absolute atomic E-state index is 14.7. The minimum absolute atomic E-state index is 0.0284. The van der Waals surface area contributed by atoms with E-state index in [1.54, 1.807) is 66.9 Å². The Balaban J connectivity index is 1.75. The van der Waals surface area contributed by atoms with Crippen molar-refractivity contribution in [3.63, 3.8) is 0 Å². The molecule has 108 heavy (non-hydrogen) atoms. The van der Waals surface area contributed by atoms with Crippen LogP contribution >= 0.6 is 0 Å². The minimum atomic E-state index is -1.60. The normalized spacial score (nSPS) is 16.5. The van der Waals surface area contributed by atoms with Gasteiger partial charge in [-0.05, 0) is 150 Å². The number of fused-ring (bicyclic) bond motifs is 1. The van der Waals surface area contributed by atoms with Gasteiger partial charge in [0.2, 0.25) is 11.8 Å². The molecule has 0 saturated carbocycles. The van der Waals surface area contributed by atoms with E-state index >= 15 is 0 Å². The molecule has 0 fully saturated rings. The molecular weight excluding hydrogens is 1380 g/mol. The van der Waals surface area contributed by atoms with Crippen LogP contribution in [0.4, 0.5) is 0 Å². The largest absolute Gasteiger partial charge is 0.512 e. The second-order valence-electron chi connectivity index (χ2n) is 29.7. The first-order valence-electron chi connectivity index (χ1n) is 38.5. The van der Waals surface area contributed by atoms with Gasteiger partial charge in [-0.3, -0.25) is 68.2 Å². The lowest BCUT2D eigenvalue weighted by Crippen LogP contribution is -2.61. The first kappa shape index (κ1) is 94.5. The first-order valence-corrected chi connectivity index (χ1v) is 38.5. The highest BCUT2D eigenvalue weighted by atomic mass is 16.3. The molecule has 2 aromatic rings. The molecule has 2 amide bonds. The van der Waals surface area contributed by atoms with Crippen LogP contribution in [0.2, 0.25) is 0 Å². The van der Waals surface area contributed by atoms with Crippen LogP contribution in [0.3, 0.4) is 0 Å². The van der Waals surface area contributed by atoms with Gasteiger partial charge in [-0.25, -0.2) is 10.9 Å². The van der Waals surface area contributed by atoms with Crippen molar-refractivity contribution in [1.29, 1.82) is 0 Å². The van der Waals surface area contributed by atoms with E-state index in [1.807, 2.05) is 57.2 Å². The third kappa shape index (κ3) is 35.3. The van der Waals surface area contributed by atoms with Crippen LogP contribution in [-0.2, 0) is 68.7 Å². The highest BCUT2D eigenvalue weighted by Gasteiger charge is 2.39. The third-order valence-corrected chi connectivity index (χ3v) is 19.9. The summed E-state index contributed by atoms with van der Waals surface area (Å²) in [5.41, 5.74) is 23.0. The van der Waals surface area contributed by atoms with Crippen molar-refractivity contribution in [2.24, 2.45) is 33.3 Å². The molecule has 0 saturated heterocycles. The topological polar surface area (TPSA) is 469 Å². The molecule has 1 aliphatic rings. The summed E-state index contributed by atoms with van der Waals surface area (Å²) in [5, 5.41) is 40.3. The van der Waals surface area contributed by atoms with Gasteiger partial charge in [0.05, 0.1) is 98.0 Å². The van der Waals surface area contributed by atoms with Crippen molar-refractivity contribution < 1.29 is 67.4 Å². The smallest absolute Gasteiger partial charge is 0.239 e. The molecule has 602 valence electrons. The highest BCUT2D eigenvalue weighted by Crippen LogP contribution is 2.25. The number of likely N-dealkylation sites (N-methyl/N-ethyl adjacent to an activating group) is 1. The van der Waals surface area contributed by atoms with Gasteiger partial charge in [0.25, 0.3) is 0 Å². The number of carbonyl (C=O) groups is 13. The zero-order chi connectivity index (χ0) is 80.5. The number of aromatic nitrogens is 1. The molecule has 0 spiro atoms. The van der Waals surface area contributed by atoms with E-state index < -0.39 is 132 Å². The number of nitrogens with one attached hydrogen (secondary N) is 10. The van der Waals surface area contributed by atoms with Crippen LogP contribution in [0.1, 0.15) is 216 Å². The van der Waals surface area contributed by atoms with Crippen LogP contribution in [0.15, 0.2) is 76.3 Å². The predicted molar refractivity (Wildman–Crippen MR) is 417 cm³/mol. The Morgan fingerprint density at radius 3 is 1.87 bits per heavy atom. The number of unbranched alkanes of at least 4 members (excludes halogenated alkanes) is 6. The standard InChI is InChI=1S/C79H127N15O14/c1-12-13-26-62(72(103)46-86-55(8)71(102)44-80)89-49-88-52(5)66(97)34-37-84-53(6)69(100)43-75(106)79(10,36-24-20-18-16-14-15-17-19-23-35-78(9,82)74(105)42-68(99)51(4)83-11)90-77(108)65(38-50(2)3)94-92-63(32-33-76(81)107)73(104)47-85-54(7)67(98)41-70(101)64(40-57-45-87-61-27-22-21-25-60(57)61)93-91-58(48-95)39-56-28-30-59(96)31-29-56/h16,18,21-22,25,27-28,30,45,48,50-55,58,62-65,83-89,92,94,96H,12-15,17,19-20,23-24,26,29,31-44,46-47,49,80,82H2,1-11H3,(H2,81,107)(H,90,108)/b18-16+,93-91?/t51-,52-,53-,54-,55-,58-,62-,63-,64-,65-,78+,79-/m0/s1. The van der Waals surface area contributed by atoms with Gasteiger partial charge in [-0.15, -0.1) is 0 Å². The van der Waals surface area contributed by atoms with Crippen molar-refractivity contribution in [1.82, 2.24) is 53.1 Å². The molecule has 29 nitrogen and oxygen atoms in total. The second-order valence-corrected chi connectivity index (χ2v) is 29.7. The molecule has 0 radical (unpaired) electrons. The molecular formula is C79H127N15O14. The number of aliphatic hydroxyl groups excluding tert-OH is 1. The number of Topliss-reactive ketones (excluding diaryl/α,β-unsaturated/α-hetero) is 10. The maximum Gasteiger partial charge on any atom is 0.239 e. The molecule has 0 bridgehead atoms. The quantitative estimate of drug-likeness (QED) is 0.00761. The fraction of sp³-hybridized carbons (Fsp3) is 0.658. The summed E-state index contributed by atoms with van der Waals surface area (Å²) in [6.07, 6.45) is 17.1. The van der Waals surface area contributed by atoms with Crippen LogP contribution in [0.5, 0.6) is 0 Å². The lowest BCUT2D eigenvalue weighted by molar-refractivity contribution is -0.136. The first-order chi connectivity index (χ1) is 51.2. The average molecular weight is 1510 g/mol.